The lowest BCUT2D eigenvalue weighted by Gasteiger charge is -2.47. The number of carboxylic acid groups (broad SMARTS) is 1. The molecule has 0 saturated heterocycles. The summed E-state index contributed by atoms with van der Waals surface area (Å²) in [5.41, 5.74) is 0.0795. The number of hydrogen-bond donors (Lipinski definition) is 3. The second kappa shape index (κ2) is 6.64. The predicted octanol–water partition coefficient (Wildman–Crippen LogP) is 1.41. The summed E-state index contributed by atoms with van der Waals surface area (Å²) in [5, 5.41) is 15.0. The minimum absolute atomic E-state index is 0.0795. The minimum Gasteiger partial charge on any atom is -0.481 e. The van der Waals surface area contributed by atoms with Gasteiger partial charge in [-0.25, -0.2) is 4.79 Å². The number of amides is 2. The Morgan fingerprint density at radius 1 is 1.19 bits per heavy atom. The Hall–Kier alpha value is -1.30. The smallest absolute Gasteiger partial charge is 0.315 e. The van der Waals surface area contributed by atoms with Gasteiger partial charge in [0.15, 0.2) is 0 Å². The molecule has 0 spiro atoms. The second-order valence-electron chi connectivity index (χ2n) is 6.64. The minimum atomic E-state index is -0.802. The van der Waals surface area contributed by atoms with Gasteiger partial charge < -0.3 is 20.6 Å². The number of aliphatic carboxylic acids is 1. The van der Waals surface area contributed by atoms with Crippen molar-refractivity contribution in [2.75, 3.05) is 20.6 Å². The van der Waals surface area contributed by atoms with E-state index in [4.69, 9.17) is 0 Å². The number of likely N-dealkylation sites (N-methyl/N-ethyl adjacent to an activating group) is 1. The van der Waals surface area contributed by atoms with Crippen LogP contribution in [0.15, 0.2) is 0 Å². The molecular weight excluding hydrogens is 270 g/mol. The monoisotopic (exact) mass is 297 g/mol. The highest BCUT2D eigenvalue weighted by atomic mass is 16.4. The number of carboxylic acids is 1. The SMILES string of the molecule is CN(C)C1(CNC(=O)NC2CCCCC2C(=O)O)CCC1. The van der Waals surface area contributed by atoms with Gasteiger partial charge in [-0.05, 0) is 46.2 Å². The van der Waals surface area contributed by atoms with Crippen LogP contribution in [0.3, 0.4) is 0 Å². The van der Waals surface area contributed by atoms with Crippen molar-refractivity contribution in [3.05, 3.63) is 0 Å². The molecule has 0 aliphatic heterocycles. The summed E-state index contributed by atoms with van der Waals surface area (Å²) < 4.78 is 0. The van der Waals surface area contributed by atoms with Crippen molar-refractivity contribution >= 4 is 12.0 Å². The molecule has 21 heavy (non-hydrogen) atoms. The highest BCUT2D eigenvalue weighted by Gasteiger charge is 2.39. The number of nitrogens with zero attached hydrogens (tertiary/aromatic N) is 1. The van der Waals surface area contributed by atoms with Gasteiger partial charge in [0, 0.05) is 18.1 Å². The van der Waals surface area contributed by atoms with Crippen LogP contribution in [0, 0.1) is 5.92 Å². The summed E-state index contributed by atoms with van der Waals surface area (Å²) in [6, 6.07) is -0.478. The third kappa shape index (κ3) is 3.67. The first-order chi connectivity index (χ1) is 9.94. The molecule has 0 radical (unpaired) electrons. The Morgan fingerprint density at radius 3 is 2.38 bits per heavy atom. The summed E-state index contributed by atoms with van der Waals surface area (Å²) in [4.78, 5) is 25.5. The van der Waals surface area contributed by atoms with Gasteiger partial charge in [0.2, 0.25) is 0 Å². The van der Waals surface area contributed by atoms with Crippen molar-refractivity contribution in [1.29, 1.82) is 0 Å². The van der Waals surface area contributed by atoms with Crippen LogP contribution >= 0.6 is 0 Å². The lowest BCUT2D eigenvalue weighted by Crippen LogP contribution is -2.59. The average Bonchev–Trinajstić information content (AvgIpc) is 2.37. The van der Waals surface area contributed by atoms with Gasteiger partial charge in [0.25, 0.3) is 0 Å². The fourth-order valence-electron chi connectivity index (χ4n) is 3.43. The maximum atomic E-state index is 12.1. The fraction of sp³-hybridized carbons (Fsp3) is 0.867. The Balaban J connectivity index is 1.82. The molecule has 2 unspecified atom stereocenters. The third-order valence-corrected chi connectivity index (χ3v) is 5.21. The van der Waals surface area contributed by atoms with Crippen LogP contribution in [0.5, 0.6) is 0 Å². The van der Waals surface area contributed by atoms with Gasteiger partial charge in [-0.1, -0.05) is 12.8 Å². The first-order valence-corrected chi connectivity index (χ1v) is 7.89. The standard InChI is InChI=1S/C15H27N3O3/c1-18(2)15(8-5-9-15)10-16-14(21)17-12-7-4-3-6-11(12)13(19)20/h11-12H,3-10H2,1-2H3,(H,19,20)(H2,16,17,21). The van der Waals surface area contributed by atoms with Crippen molar-refractivity contribution in [3.8, 4) is 0 Å². The van der Waals surface area contributed by atoms with Crippen LogP contribution in [0.1, 0.15) is 44.9 Å². The van der Waals surface area contributed by atoms with E-state index in [2.05, 4.69) is 15.5 Å². The van der Waals surface area contributed by atoms with Gasteiger partial charge in [-0.15, -0.1) is 0 Å². The van der Waals surface area contributed by atoms with E-state index >= 15 is 0 Å². The molecule has 2 aliphatic rings. The third-order valence-electron chi connectivity index (χ3n) is 5.21. The summed E-state index contributed by atoms with van der Waals surface area (Å²) in [5.74, 6) is -1.25. The van der Waals surface area contributed by atoms with E-state index in [1.807, 2.05) is 14.1 Å². The molecule has 0 heterocycles. The summed E-state index contributed by atoms with van der Waals surface area (Å²) in [7, 11) is 4.08. The van der Waals surface area contributed by atoms with Crippen molar-refractivity contribution in [1.82, 2.24) is 15.5 Å². The molecule has 2 amide bonds. The molecule has 0 bridgehead atoms. The average molecular weight is 297 g/mol. The zero-order chi connectivity index (χ0) is 15.5. The fourth-order valence-corrected chi connectivity index (χ4v) is 3.43. The van der Waals surface area contributed by atoms with Crippen LogP contribution in [0.2, 0.25) is 0 Å². The molecule has 3 N–H and O–H groups in total. The number of rotatable bonds is 5. The van der Waals surface area contributed by atoms with Crippen molar-refractivity contribution in [3.63, 3.8) is 0 Å². The van der Waals surface area contributed by atoms with E-state index in [0.717, 1.165) is 32.1 Å². The maximum Gasteiger partial charge on any atom is 0.315 e. The molecule has 2 rings (SSSR count). The van der Waals surface area contributed by atoms with E-state index in [1.165, 1.54) is 6.42 Å². The zero-order valence-corrected chi connectivity index (χ0v) is 13.0. The van der Waals surface area contributed by atoms with E-state index in [1.54, 1.807) is 0 Å². The Morgan fingerprint density at radius 2 is 1.86 bits per heavy atom. The Kier molecular flexibility index (Phi) is 5.08. The number of hydrogen-bond acceptors (Lipinski definition) is 3. The molecule has 0 aromatic rings. The normalized spacial score (nSPS) is 27.8. The molecular formula is C15H27N3O3. The number of urea groups is 1. The molecule has 2 atom stereocenters. The first-order valence-electron chi connectivity index (χ1n) is 7.89. The van der Waals surface area contributed by atoms with Gasteiger partial charge in [0.1, 0.15) is 0 Å². The molecule has 120 valence electrons. The van der Waals surface area contributed by atoms with Crippen molar-refractivity contribution in [2.24, 2.45) is 5.92 Å². The largest absolute Gasteiger partial charge is 0.481 e. The van der Waals surface area contributed by atoms with E-state index in [0.29, 0.717) is 13.0 Å². The molecule has 6 nitrogen and oxygen atoms in total. The van der Waals surface area contributed by atoms with Gasteiger partial charge in [0.05, 0.1) is 5.92 Å². The molecule has 2 aliphatic carbocycles. The van der Waals surface area contributed by atoms with Gasteiger partial charge >= 0.3 is 12.0 Å². The van der Waals surface area contributed by atoms with Gasteiger partial charge in [-0.2, -0.15) is 0 Å². The van der Waals surface area contributed by atoms with Crippen LogP contribution in [0.25, 0.3) is 0 Å². The van der Waals surface area contributed by atoms with E-state index in [-0.39, 0.29) is 17.6 Å². The van der Waals surface area contributed by atoms with Gasteiger partial charge in [-0.3, -0.25) is 4.79 Å². The van der Waals surface area contributed by atoms with Crippen LogP contribution in [-0.4, -0.2) is 54.2 Å². The Bertz CT molecular complexity index is 394. The van der Waals surface area contributed by atoms with E-state index in [9.17, 15) is 14.7 Å². The zero-order valence-electron chi connectivity index (χ0n) is 13.0. The molecule has 0 aromatic heterocycles. The number of carbonyl (C=O) groups excluding carboxylic acids is 1. The molecule has 0 aromatic carbocycles. The van der Waals surface area contributed by atoms with E-state index < -0.39 is 11.9 Å². The highest BCUT2D eigenvalue weighted by molar-refractivity contribution is 5.76. The molecule has 6 heteroatoms. The van der Waals surface area contributed by atoms with Crippen LogP contribution in [0.4, 0.5) is 4.79 Å². The summed E-state index contributed by atoms with van der Waals surface area (Å²) in [6.45, 7) is 0.621. The van der Waals surface area contributed by atoms with Crippen molar-refractivity contribution in [2.45, 2.75) is 56.5 Å². The first kappa shape index (κ1) is 16.1. The highest BCUT2D eigenvalue weighted by Crippen LogP contribution is 2.35. The second-order valence-corrected chi connectivity index (χ2v) is 6.64. The summed E-state index contributed by atoms with van der Waals surface area (Å²) in [6.07, 6.45) is 6.72. The maximum absolute atomic E-state index is 12.1. The van der Waals surface area contributed by atoms with Crippen molar-refractivity contribution < 1.29 is 14.7 Å². The summed E-state index contributed by atoms with van der Waals surface area (Å²) >= 11 is 0. The molecule has 2 saturated carbocycles. The lowest BCUT2D eigenvalue weighted by atomic mass is 9.75. The van der Waals surface area contributed by atoms with Crippen LogP contribution in [-0.2, 0) is 4.79 Å². The predicted molar refractivity (Wildman–Crippen MR) is 80.2 cm³/mol. The lowest BCUT2D eigenvalue weighted by molar-refractivity contribution is -0.143. The number of carbonyl (C=O) groups is 2. The quantitative estimate of drug-likeness (QED) is 0.716. The number of nitrogens with one attached hydrogen (secondary N) is 2. The Labute approximate surface area is 126 Å². The van der Waals surface area contributed by atoms with Crippen LogP contribution < -0.4 is 10.6 Å². The molecule has 2 fully saturated rings. The topological polar surface area (TPSA) is 81.7 Å².